The van der Waals surface area contributed by atoms with Crippen LogP contribution < -0.4 is 0 Å². The number of aromatic hydroxyl groups is 2. The van der Waals surface area contributed by atoms with Crippen molar-refractivity contribution in [1.29, 1.82) is 0 Å². The molecule has 6 heteroatoms. The van der Waals surface area contributed by atoms with Crippen molar-refractivity contribution in [3.05, 3.63) is 58.6 Å². The SMILES string of the molecule is O=C(c1cc(O)cc(O)c1)N1CCN(CCc2ccc(Cl)cc2)CC1. The molecule has 0 aromatic heterocycles. The average molecular weight is 361 g/mol. The lowest BCUT2D eigenvalue weighted by Gasteiger charge is -2.34. The molecule has 1 saturated heterocycles. The molecule has 2 aromatic carbocycles. The number of benzene rings is 2. The van der Waals surface area contributed by atoms with Crippen molar-refractivity contribution in [2.45, 2.75) is 6.42 Å². The quantitative estimate of drug-likeness (QED) is 0.880. The predicted molar refractivity (Wildman–Crippen MR) is 97.3 cm³/mol. The topological polar surface area (TPSA) is 64.0 Å². The van der Waals surface area contributed by atoms with Crippen LogP contribution in [-0.2, 0) is 6.42 Å². The number of phenols is 2. The number of nitrogens with zero attached hydrogens (tertiary/aromatic N) is 2. The van der Waals surface area contributed by atoms with Gasteiger partial charge in [-0.25, -0.2) is 0 Å². The van der Waals surface area contributed by atoms with Crippen molar-refractivity contribution >= 4 is 17.5 Å². The summed E-state index contributed by atoms with van der Waals surface area (Å²) in [6.45, 7) is 3.83. The molecule has 3 rings (SSSR count). The molecule has 25 heavy (non-hydrogen) atoms. The highest BCUT2D eigenvalue weighted by atomic mass is 35.5. The van der Waals surface area contributed by atoms with Crippen LogP contribution in [0.15, 0.2) is 42.5 Å². The van der Waals surface area contributed by atoms with Crippen molar-refractivity contribution in [1.82, 2.24) is 9.80 Å². The summed E-state index contributed by atoms with van der Waals surface area (Å²) in [5.74, 6) is -0.376. The molecule has 132 valence electrons. The molecular weight excluding hydrogens is 340 g/mol. The zero-order chi connectivity index (χ0) is 17.8. The molecule has 0 saturated carbocycles. The fraction of sp³-hybridized carbons (Fsp3) is 0.316. The molecule has 0 radical (unpaired) electrons. The Hall–Kier alpha value is -2.24. The number of amides is 1. The minimum atomic E-state index is -0.163. The fourth-order valence-electron chi connectivity index (χ4n) is 3.01. The van der Waals surface area contributed by atoms with E-state index in [-0.39, 0.29) is 17.4 Å². The summed E-state index contributed by atoms with van der Waals surface area (Å²) in [4.78, 5) is 16.6. The summed E-state index contributed by atoms with van der Waals surface area (Å²) in [7, 11) is 0. The van der Waals surface area contributed by atoms with E-state index in [1.807, 2.05) is 24.3 Å². The number of hydrogen-bond donors (Lipinski definition) is 2. The predicted octanol–water partition coefficient (Wildman–Crippen LogP) is 2.75. The summed E-state index contributed by atoms with van der Waals surface area (Å²) in [5, 5.41) is 19.8. The Morgan fingerprint density at radius 1 is 0.960 bits per heavy atom. The van der Waals surface area contributed by atoms with Crippen LogP contribution in [-0.4, -0.2) is 58.6 Å². The van der Waals surface area contributed by atoms with E-state index in [9.17, 15) is 15.0 Å². The maximum atomic E-state index is 12.5. The number of halogens is 1. The van der Waals surface area contributed by atoms with Gasteiger partial charge in [-0.2, -0.15) is 0 Å². The Morgan fingerprint density at radius 3 is 2.16 bits per heavy atom. The van der Waals surface area contributed by atoms with Gasteiger partial charge in [-0.05, 0) is 36.2 Å². The van der Waals surface area contributed by atoms with Gasteiger partial charge in [0.15, 0.2) is 0 Å². The second-order valence-corrected chi connectivity index (χ2v) is 6.68. The van der Waals surface area contributed by atoms with Crippen molar-refractivity contribution < 1.29 is 15.0 Å². The molecular formula is C19H21ClN2O3. The standard InChI is InChI=1S/C19H21ClN2O3/c20-16-3-1-14(2-4-16)5-6-21-7-9-22(10-8-21)19(25)15-11-17(23)13-18(24)12-15/h1-4,11-13,23-24H,5-10H2. The van der Waals surface area contributed by atoms with Crippen molar-refractivity contribution in [2.24, 2.45) is 0 Å². The van der Waals surface area contributed by atoms with Gasteiger partial charge in [0, 0.05) is 49.4 Å². The van der Waals surface area contributed by atoms with Gasteiger partial charge >= 0.3 is 0 Å². The largest absolute Gasteiger partial charge is 0.508 e. The van der Waals surface area contributed by atoms with Gasteiger partial charge in [0.1, 0.15) is 11.5 Å². The van der Waals surface area contributed by atoms with E-state index in [0.717, 1.165) is 31.1 Å². The van der Waals surface area contributed by atoms with E-state index in [1.54, 1.807) is 4.90 Å². The third-order valence-corrected chi connectivity index (χ3v) is 4.69. The molecule has 2 aromatic rings. The number of rotatable bonds is 4. The summed E-state index contributed by atoms with van der Waals surface area (Å²) >= 11 is 5.90. The Morgan fingerprint density at radius 2 is 1.56 bits per heavy atom. The number of hydrogen-bond acceptors (Lipinski definition) is 4. The first kappa shape index (κ1) is 17.6. The Bertz CT molecular complexity index is 721. The van der Waals surface area contributed by atoms with Gasteiger partial charge in [0.05, 0.1) is 0 Å². The smallest absolute Gasteiger partial charge is 0.254 e. The van der Waals surface area contributed by atoms with Crippen LogP contribution in [0.4, 0.5) is 0 Å². The monoisotopic (exact) mass is 360 g/mol. The minimum Gasteiger partial charge on any atom is -0.508 e. The fourth-order valence-corrected chi connectivity index (χ4v) is 3.14. The number of phenolic OH excluding ortho intramolecular Hbond substituents is 2. The molecule has 0 atom stereocenters. The first-order chi connectivity index (χ1) is 12.0. The van der Waals surface area contributed by atoms with Crippen LogP contribution in [0, 0.1) is 0 Å². The zero-order valence-corrected chi connectivity index (χ0v) is 14.6. The van der Waals surface area contributed by atoms with Crippen LogP contribution in [0.3, 0.4) is 0 Å². The molecule has 1 fully saturated rings. The third-order valence-electron chi connectivity index (χ3n) is 4.44. The molecule has 2 N–H and O–H groups in total. The van der Waals surface area contributed by atoms with E-state index in [4.69, 9.17) is 11.6 Å². The van der Waals surface area contributed by atoms with Gasteiger partial charge in [-0.3, -0.25) is 9.69 Å². The molecule has 0 aliphatic carbocycles. The van der Waals surface area contributed by atoms with E-state index < -0.39 is 0 Å². The van der Waals surface area contributed by atoms with Gasteiger partial charge in [0.2, 0.25) is 0 Å². The molecule has 1 amide bonds. The molecule has 0 unspecified atom stereocenters. The van der Waals surface area contributed by atoms with Gasteiger partial charge in [-0.1, -0.05) is 23.7 Å². The summed E-state index contributed by atoms with van der Waals surface area (Å²) in [5.41, 5.74) is 1.56. The molecule has 5 nitrogen and oxygen atoms in total. The highest BCUT2D eigenvalue weighted by molar-refractivity contribution is 6.30. The first-order valence-electron chi connectivity index (χ1n) is 8.30. The Labute approximate surface area is 152 Å². The summed E-state index contributed by atoms with van der Waals surface area (Å²) in [6.07, 6.45) is 0.950. The van der Waals surface area contributed by atoms with E-state index in [1.165, 1.54) is 23.8 Å². The van der Waals surface area contributed by atoms with Gasteiger partial charge in [0.25, 0.3) is 5.91 Å². The molecule has 1 aliphatic heterocycles. The lowest BCUT2D eigenvalue weighted by Crippen LogP contribution is -2.49. The lowest BCUT2D eigenvalue weighted by molar-refractivity contribution is 0.0637. The molecule has 1 heterocycles. The Kier molecular flexibility index (Phi) is 5.46. The first-order valence-corrected chi connectivity index (χ1v) is 8.68. The van der Waals surface area contributed by atoms with Crippen molar-refractivity contribution in [3.8, 4) is 11.5 Å². The summed E-state index contributed by atoms with van der Waals surface area (Å²) in [6, 6.07) is 11.9. The second kappa shape index (κ2) is 7.76. The number of carbonyl (C=O) groups excluding carboxylic acids is 1. The lowest BCUT2D eigenvalue weighted by atomic mass is 10.1. The van der Waals surface area contributed by atoms with Crippen LogP contribution in [0.1, 0.15) is 15.9 Å². The highest BCUT2D eigenvalue weighted by Crippen LogP contribution is 2.22. The van der Waals surface area contributed by atoms with Crippen LogP contribution in [0.2, 0.25) is 5.02 Å². The van der Waals surface area contributed by atoms with Gasteiger partial charge in [-0.15, -0.1) is 0 Å². The highest BCUT2D eigenvalue weighted by Gasteiger charge is 2.22. The number of carbonyl (C=O) groups is 1. The molecule has 0 spiro atoms. The van der Waals surface area contributed by atoms with Crippen LogP contribution in [0.25, 0.3) is 0 Å². The van der Waals surface area contributed by atoms with Gasteiger partial charge < -0.3 is 15.1 Å². The minimum absolute atomic E-state index is 0.107. The maximum absolute atomic E-state index is 12.5. The van der Waals surface area contributed by atoms with Crippen LogP contribution >= 0.6 is 11.6 Å². The third kappa shape index (κ3) is 4.65. The zero-order valence-electron chi connectivity index (χ0n) is 13.9. The molecule has 1 aliphatic rings. The van der Waals surface area contributed by atoms with Crippen molar-refractivity contribution in [2.75, 3.05) is 32.7 Å². The number of piperazine rings is 1. The van der Waals surface area contributed by atoms with E-state index >= 15 is 0 Å². The summed E-state index contributed by atoms with van der Waals surface area (Å²) < 4.78 is 0. The van der Waals surface area contributed by atoms with Crippen LogP contribution in [0.5, 0.6) is 11.5 Å². The normalized spacial score (nSPS) is 15.3. The van der Waals surface area contributed by atoms with E-state index in [2.05, 4.69) is 4.90 Å². The second-order valence-electron chi connectivity index (χ2n) is 6.25. The maximum Gasteiger partial charge on any atom is 0.254 e. The average Bonchev–Trinajstić information content (AvgIpc) is 2.60. The van der Waals surface area contributed by atoms with E-state index in [0.29, 0.717) is 18.7 Å². The molecule has 0 bridgehead atoms. The Balaban J connectivity index is 1.51. The van der Waals surface area contributed by atoms with Crippen molar-refractivity contribution in [3.63, 3.8) is 0 Å².